The van der Waals surface area contributed by atoms with Crippen LogP contribution in [0, 0.1) is 0 Å². The van der Waals surface area contributed by atoms with Gasteiger partial charge in [0.15, 0.2) is 0 Å². The average molecular weight is 420 g/mol. The molecule has 1 fully saturated rings. The van der Waals surface area contributed by atoms with Crippen molar-refractivity contribution in [3.8, 4) is 17.1 Å². The van der Waals surface area contributed by atoms with E-state index in [1.807, 2.05) is 22.4 Å². The lowest BCUT2D eigenvalue weighted by Gasteiger charge is -2.33. The molecule has 2 aromatic heterocycles. The first-order valence-corrected chi connectivity index (χ1v) is 9.90. The van der Waals surface area contributed by atoms with Crippen LogP contribution in [0.2, 0.25) is 0 Å². The third-order valence-electron chi connectivity index (χ3n) is 4.56. The number of carbonyl (C=O) groups excluding carboxylic acids is 1. The summed E-state index contributed by atoms with van der Waals surface area (Å²) in [6.45, 7) is 0.0767. The molecule has 1 saturated heterocycles. The summed E-state index contributed by atoms with van der Waals surface area (Å²) in [5.74, 6) is 0.624. The molecule has 3 heterocycles. The lowest BCUT2D eigenvalue weighted by atomic mass is 10.2. The largest absolute Gasteiger partial charge is 0.434 e. The van der Waals surface area contributed by atoms with Gasteiger partial charge in [-0.05, 0) is 23.6 Å². The fourth-order valence-electron chi connectivity index (χ4n) is 3.14. The number of benzene rings is 1. The van der Waals surface area contributed by atoms with E-state index in [-0.39, 0.29) is 17.5 Å². The first-order valence-electron chi connectivity index (χ1n) is 9.02. The molecule has 0 bridgehead atoms. The number of hydrogen-bond acceptors (Lipinski definition) is 7. The van der Waals surface area contributed by atoms with Gasteiger partial charge in [0, 0.05) is 26.2 Å². The Morgan fingerprint density at radius 2 is 1.97 bits per heavy atom. The van der Waals surface area contributed by atoms with Gasteiger partial charge < -0.3 is 14.2 Å². The number of alkyl halides is 2. The molecular formula is C19H18F2N4O3S. The second-order valence-electron chi connectivity index (χ2n) is 6.43. The van der Waals surface area contributed by atoms with Crippen molar-refractivity contribution in [2.45, 2.75) is 13.2 Å². The topological polar surface area (TPSA) is 71.7 Å². The van der Waals surface area contributed by atoms with E-state index in [1.165, 1.54) is 17.4 Å². The maximum absolute atomic E-state index is 12.6. The van der Waals surface area contributed by atoms with Crippen molar-refractivity contribution in [3.05, 3.63) is 52.5 Å². The van der Waals surface area contributed by atoms with E-state index in [2.05, 4.69) is 19.8 Å². The van der Waals surface area contributed by atoms with Crippen LogP contribution < -0.4 is 4.74 Å². The van der Waals surface area contributed by atoms with Crippen LogP contribution in [0.1, 0.15) is 15.6 Å². The zero-order chi connectivity index (χ0) is 20.2. The van der Waals surface area contributed by atoms with Gasteiger partial charge in [0.05, 0.1) is 17.0 Å². The molecule has 1 aromatic carbocycles. The highest BCUT2D eigenvalue weighted by atomic mass is 32.1. The molecule has 0 spiro atoms. The van der Waals surface area contributed by atoms with E-state index in [1.54, 1.807) is 18.2 Å². The van der Waals surface area contributed by atoms with Crippen molar-refractivity contribution in [1.82, 2.24) is 19.9 Å². The van der Waals surface area contributed by atoms with E-state index in [0.717, 1.165) is 4.88 Å². The summed E-state index contributed by atoms with van der Waals surface area (Å²) in [5, 5.41) is 5.79. The number of hydrogen-bond donors (Lipinski definition) is 0. The quantitative estimate of drug-likeness (QED) is 0.609. The maximum atomic E-state index is 12.6. The fourth-order valence-corrected chi connectivity index (χ4v) is 3.83. The zero-order valence-electron chi connectivity index (χ0n) is 15.3. The molecule has 1 aliphatic rings. The van der Waals surface area contributed by atoms with Crippen LogP contribution in [0.3, 0.4) is 0 Å². The molecule has 0 aliphatic carbocycles. The summed E-state index contributed by atoms with van der Waals surface area (Å²) in [6.07, 6.45) is 0. The van der Waals surface area contributed by atoms with Crippen molar-refractivity contribution < 1.29 is 22.8 Å². The minimum absolute atomic E-state index is 0.00412. The van der Waals surface area contributed by atoms with Gasteiger partial charge in [-0.15, -0.1) is 11.3 Å². The Bertz CT molecular complexity index is 956. The summed E-state index contributed by atoms with van der Waals surface area (Å²) < 4.78 is 35.0. The van der Waals surface area contributed by atoms with Gasteiger partial charge >= 0.3 is 6.61 Å². The van der Waals surface area contributed by atoms with E-state index in [9.17, 15) is 13.6 Å². The van der Waals surface area contributed by atoms with Gasteiger partial charge in [-0.2, -0.15) is 13.8 Å². The second kappa shape index (κ2) is 8.66. The molecule has 0 unspecified atom stereocenters. The summed E-state index contributed by atoms with van der Waals surface area (Å²) in [4.78, 5) is 21.4. The monoisotopic (exact) mass is 420 g/mol. The highest BCUT2D eigenvalue weighted by molar-refractivity contribution is 7.12. The molecule has 1 aliphatic heterocycles. The number of ether oxygens (including phenoxy) is 1. The highest BCUT2D eigenvalue weighted by Gasteiger charge is 2.24. The Hall–Kier alpha value is -2.85. The summed E-state index contributed by atoms with van der Waals surface area (Å²) in [7, 11) is 0. The second-order valence-corrected chi connectivity index (χ2v) is 7.38. The third-order valence-corrected chi connectivity index (χ3v) is 5.42. The van der Waals surface area contributed by atoms with Gasteiger partial charge in [-0.25, -0.2) is 0 Å². The van der Waals surface area contributed by atoms with Gasteiger partial charge in [0.1, 0.15) is 5.75 Å². The Morgan fingerprint density at radius 3 is 2.69 bits per heavy atom. The number of halogens is 2. The molecule has 3 aromatic rings. The number of rotatable bonds is 6. The number of para-hydroxylation sites is 1. The maximum Gasteiger partial charge on any atom is 0.387 e. The minimum atomic E-state index is -2.93. The molecule has 0 radical (unpaired) electrons. The standard InChI is InChI=1S/C19H18F2N4O3S/c20-19(21)27-14-5-2-1-4-13(14)17-22-16(28-23-17)12-24-7-9-25(10-8-24)18(26)15-6-3-11-29-15/h1-6,11,19H,7-10,12H2. The molecule has 29 heavy (non-hydrogen) atoms. The van der Waals surface area contributed by atoms with Crippen LogP contribution in [0.4, 0.5) is 8.78 Å². The molecule has 10 heteroatoms. The van der Waals surface area contributed by atoms with Crippen molar-refractivity contribution in [1.29, 1.82) is 0 Å². The Morgan fingerprint density at radius 1 is 1.17 bits per heavy atom. The van der Waals surface area contributed by atoms with Crippen molar-refractivity contribution in [2.75, 3.05) is 26.2 Å². The molecule has 4 rings (SSSR count). The molecule has 7 nitrogen and oxygen atoms in total. The number of piperazine rings is 1. The number of aromatic nitrogens is 2. The minimum Gasteiger partial charge on any atom is -0.434 e. The van der Waals surface area contributed by atoms with E-state index >= 15 is 0 Å². The first-order chi connectivity index (χ1) is 14.1. The fraction of sp³-hybridized carbons (Fsp3) is 0.316. The Labute approximate surface area is 169 Å². The van der Waals surface area contributed by atoms with E-state index in [4.69, 9.17) is 4.52 Å². The molecule has 1 amide bonds. The highest BCUT2D eigenvalue weighted by Crippen LogP contribution is 2.29. The van der Waals surface area contributed by atoms with Gasteiger partial charge in [0.2, 0.25) is 11.7 Å². The SMILES string of the molecule is O=C(c1cccs1)N1CCN(Cc2nc(-c3ccccc3OC(F)F)no2)CC1. The van der Waals surface area contributed by atoms with Crippen molar-refractivity contribution in [3.63, 3.8) is 0 Å². The Balaban J connectivity index is 1.37. The lowest BCUT2D eigenvalue weighted by Crippen LogP contribution is -2.48. The number of nitrogens with zero attached hydrogens (tertiary/aromatic N) is 4. The van der Waals surface area contributed by atoms with Gasteiger partial charge in [-0.1, -0.05) is 23.4 Å². The number of thiophene rings is 1. The summed E-state index contributed by atoms with van der Waals surface area (Å²) in [5.41, 5.74) is 0.342. The molecule has 0 N–H and O–H groups in total. The van der Waals surface area contributed by atoms with E-state index in [0.29, 0.717) is 44.2 Å². The first kappa shape index (κ1) is 19.5. The van der Waals surface area contributed by atoms with Crippen LogP contribution >= 0.6 is 11.3 Å². The predicted molar refractivity (Wildman–Crippen MR) is 102 cm³/mol. The van der Waals surface area contributed by atoms with Crippen LogP contribution in [-0.4, -0.2) is 58.6 Å². The van der Waals surface area contributed by atoms with Gasteiger partial charge in [-0.3, -0.25) is 9.69 Å². The lowest BCUT2D eigenvalue weighted by molar-refractivity contribution is -0.0494. The van der Waals surface area contributed by atoms with Crippen LogP contribution in [0.25, 0.3) is 11.4 Å². The van der Waals surface area contributed by atoms with Gasteiger partial charge in [0.25, 0.3) is 5.91 Å². The number of carbonyl (C=O) groups is 1. The van der Waals surface area contributed by atoms with Crippen LogP contribution in [0.15, 0.2) is 46.3 Å². The van der Waals surface area contributed by atoms with Crippen molar-refractivity contribution in [2.24, 2.45) is 0 Å². The summed E-state index contributed by atoms with van der Waals surface area (Å²) in [6, 6.07) is 10.0. The average Bonchev–Trinajstić information content (AvgIpc) is 3.40. The molecule has 0 atom stereocenters. The Kier molecular flexibility index (Phi) is 5.81. The molecule has 0 saturated carbocycles. The molecule has 152 valence electrons. The number of amides is 1. The van der Waals surface area contributed by atoms with Crippen LogP contribution in [0.5, 0.6) is 5.75 Å². The predicted octanol–water partition coefficient (Wildman–Crippen LogP) is 3.36. The normalized spacial score (nSPS) is 15.1. The summed E-state index contributed by atoms with van der Waals surface area (Å²) >= 11 is 1.44. The zero-order valence-corrected chi connectivity index (χ0v) is 16.1. The molecular weight excluding hydrogens is 402 g/mol. The smallest absolute Gasteiger partial charge is 0.387 e. The third kappa shape index (κ3) is 4.60. The van der Waals surface area contributed by atoms with Crippen molar-refractivity contribution >= 4 is 17.2 Å². The van der Waals surface area contributed by atoms with Crippen LogP contribution in [-0.2, 0) is 6.54 Å². The van der Waals surface area contributed by atoms with E-state index < -0.39 is 6.61 Å².